The Kier molecular flexibility index (Phi) is 2.91. The molecule has 2 N–H and O–H groups in total. The van der Waals surface area contributed by atoms with Crippen LogP contribution < -0.4 is 10.5 Å². The number of para-hydroxylation sites is 1. The summed E-state index contributed by atoms with van der Waals surface area (Å²) in [6, 6.07) is 5.82. The van der Waals surface area contributed by atoms with Crippen LogP contribution >= 0.6 is 15.9 Å². The first kappa shape index (κ1) is 8.56. The Hall–Kier alpha value is -0.540. The van der Waals surface area contributed by atoms with Crippen LogP contribution in [-0.2, 0) is 6.54 Å². The van der Waals surface area contributed by atoms with Gasteiger partial charge in [0.15, 0.2) is 0 Å². The van der Waals surface area contributed by atoms with Crippen LogP contribution in [0.15, 0.2) is 22.7 Å². The first-order valence-corrected chi connectivity index (χ1v) is 4.10. The van der Waals surface area contributed by atoms with Gasteiger partial charge >= 0.3 is 0 Å². The third-order valence-electron chi connectivity index (χ3n) is 1.47. The molecule has 0 fully saturated rings. The van der Waals surface area contributed by atoms with Gasteiger partial charge in [0.2, 0.25) is 0 Å². The molecule has 0 atom stereocenters. The van der Waals surface area contributed by atoms with E-state index in [-0.39, 0.29) is 0 Å². The monoisotopic (exact) mass is 215 g/mol. The second-order valence-electron chi connectivity index (χ2n) is 2.14. The number of rotatable bonds is 2. The number of ether oxygens (including phenoxy) is 1. The smallest absolute Gasteiger partial charge is 0.137 e. The molecule has 0 aliphatic rings. The average Bonchev–Trinajstić information content (AvgIpc) is 2.04. The Bertz CT molecular complexity index is 250. The highest BCUT2D eigenvalue weighted by atomic mass is 79.9. The lowest BCUT2D eigenvalue weighted by molar-refractivity contribution is 0.407. The summed E-state index contributed by atoms with van der Waals surface area (Å²) in [7, 11) is 1.64. The number of methoxy groups -OCH3 is 1. The van der Waals surface area contributed by atoms with Crippen molar-refractivity contribution in [2.45, 2.75) is 6.54 Å². The van der Waals surface area contributed by atoms with E-state index in [0.29, 0.717) is 6.54 Å². The lowest BCUT2D eigenvalue weighted by atomic mass is 10.2. The van der Waals surface area contributed by atoms with Crippen LogP contribution in [0.5, 0.6) is 5.75 Å². The van der Waals surface area contributed by atoms with Gasteiger partial charge < -0.3 is 10.5 Å². The number of benzene rings is 1. The fraction of sp³-hybridized carbons (Fsp3) is 0.250. The fourth-order valence-corrected chi connectivity index (χ4v) is 1.51. The molecular formula is C8H10BrNO. The molecule has 0 saturated carbocycles. The SMILES string of the molecule is COc1c(Br)cccc1CN. The second kappa shape index (κ2) is 3.74. The van der Waals surface area contributed by atoms with Crippen molar-refractivity contribution < 1.29 is 4.74 Å². The maximum absolute atomic E-state index is 5.49. The van der Waals surface area contributed by atoms with E-state index in [0.717, 1.165) is 15.8 Å². The molecule has 1 aromatic carbocycles. The topological polar surface area (TPSA) is 35.2 Å². The molecule has 60 valence electrons. The van der Waals surface area contributed by atoms with Crippen molar-refractivity contribution >= 4 is 15.9 Å². The van der Waals surface area contributed by atoms with Crippen molar-refractivity contribution in [1.29, 1.82) is 0 Å². The standard InChI is InChI=1S/C8H10BrNO/c1-11-8-6(5-10)3-2-4-7(8)9/h2-4H,5,10H2,1H3. The van der Waals surface area contributed by atoms with Gasteiger partial charge in [0.1, 0.15) is 5.75 Å². The van der Waals surface area contributed by atoms with E-state index in [1.54, 1.807) is 7.11 Å². The van der Waals surface area contributed by atoms with Gasteiger partial charge in [0.25, 0.3) is 0 Å². The molecule has 0 saturated heterocycles. The molecule has 0 bridgehead atoms. The molecule has 0 unspecified atom stereocenters. The molecule has 2 nitrogen and oxygen atoms in total. The third kappa shape index (κ3) is 1.73. The van der Waals surface area contributed by atoms with Gasteiger partial charge in [-0.15, -0.1) is 0 Å². The second-order valence-corrected chi connectivity index (χ2v) is 2.99. The summed E-state index contributed by atoms with van der Waals surface area (Å²) >= 11 is 3.37. The maximum Gasteiger partial charge on any atom is 0.137 e. The molecule has 3 heteroatoms. The zero-order valence-electron chi connectivity index (χ0n) is 6.30. The van der Waals surface area contributed by atoms with E-state index in [2.05, 4.69) is 15.9 Å². The van der Waals surface area contributed by atoms with Crippen molar-refractivity contribution in [3.63, 3.8) is 0 Å². The first-order chi connectivity index (χ1) is 5.29. The van der Waals surface area contributed by atoms with Gasteiger partial charge in [-0.25, -0.2) is 0 Å². The molecule has 1 aromatic rings. The lowest BCUT2D eigenvalue weighted by Crippen LogP contribution is -1.99. The number of hydrogen-bond acceptors (Lipinski definition) is 2. The summed E-state index contributed by atoms with van der Waals surface area (Å²) in [6.45, 7) is 0.503. The summed E-state index contributed by atoms with van der Waals surface area (Å²) in [6.07, 6.45) is 0. The molecule has 0 radical (unpaired) electrons. The van der Waals surface area contributed by atoms with Crippen molar-refractivity contribution in [2.24, 2.45) is 5.73 Å². The minimum Gasteiger partial charge on any atom is -0.495 e. The van der Waals surface area contributed by atoms with Gasteiger partial charge in [0, 0.05) is 12.1 Å². The summed E-state index contributed by atoms with van der Waals surface area (Å²) in [5.41, 5.74) is 6.51. The molecule has 0 spiro atoms. The van der Waals surface area contributed by atoms with E-state index in [9.17, 15) is 0 Å². The summed E-state index contributed by atoms with van der Waals surface area (Å²) in [5.74, 6) is 0.829. The van der Waals surface area contributed by atoms with Crippen molar-refractivity contribution in [3.05, 3.63) is 28.2 Å². The predicted octanol–water partition coefficient (Wildman–Crippen LogP) is 1.92. The van der Waals surface area contributed by atoms with Crippen molar-refractivity contribution in [1.82, 2.24) is 0 Å². The number of hydrogen-bond donors (Lipinski definition) is 1. The Morgan fingerprint density at radius 2 is 2.27 bits per heavy atom. The largest absolute Gasteiger partial charge is 0.495 e. The van der Waals surface area contributed by atoms with Crippen molar-refractivity contribution in [2.75, 3.05) is 7.11 Å². The Labute approximate surface area is 74.5 Å². The molecule has 0 aliphatic carbocycles. The molecule has 1 rings (SSSR count). The maximum atomic E-state index is 5.49. The van der Waals surface area contributed by atoms with Crippen molar-refractivity contribution in [3.8, 4) is 5.75 Å². The van der Waals surface area contributed by atoms with Gasteiger partial charge in [-0.2, -0.15) is 0 Å². The Morgan fingerprint density at radius 3 is 2.73 bits per heavy atom. The minimum atomic E-state index is 0.503. The van der Waals surface area contributed by atoms with Crippen LogP contribution in [0.3, 0.4) is 0 Å². The van der Waals surface area contributed by atoms with E-state index in [1.165, 1.54) is 0 Å². The van der Waals surface area contributed by atoms with E-state index in [4.69, 9.17) is 10.5 Å². The summed E-state index contributed by atoms with van der Waals surface area (Å²) in [5, 5.41) is 0. The molecule has 0 amide bonds. The highest BCUT2D eigenvalue weighted by Gasteiger charge is 2.03. The first-order valence-electron chi connectivity index (χ1n) is 3.31. The predicted molar refractivity (Wildman–Crippen MR) is 48.6 cm³/mol. The van der Waals surface area contributed by atoms with Gasteiger partial charge in [-0.1, -0.05) is 12.1 Å². The van der Waals surface area contributed by atoms with E-state index < -0.39 is 0 Å². The number of halogens is 1. The molecular weight excluding hydrogens is 206 g/mol. The van der Waals surface area contributed by atoms with Crippen LogP contribution in [0.2, 0.25) is 0 Å². The van der Waals surface area contributed by atoms with Gasteiger partial charge in [0.05, 0.1) is 11.6 Å². The van der Waals surface area contributed by atoms with E-state index >= 15 is 0 Å². The Morgan fingerprint density at radius 1 is 1.55 bits per heavy atom. The van der Waals surface area contributed by atoms with Crippen LogP contribution in [0.25, 0.3) is 0 Å². The third-order valence-corrected chi connectivity index (χ3v) is 2.10. The van der Waals surface area contributed by atoms with Crippen LogP contribution in [0.4, 0.5) is 0 Å². The normalized spacial score (nSPS) is 9.73. The molecule has 0 aliphatic heterocycles. The molecule has 0 aromatic heterocycles. The van der Waals surface area contributed by atoms with E-state index in [1.807, 2.05) is 18.2 Å². The van der Waals surface area contributed by atoms with Crippen LogP contribution in [0, 0.1) is 0 Å². The Balaban J connectivity index is 3.13. The summed E-state index contributed by atoms with van der Waals surface area (Å²) in [4.78, 5) is 0. The van der Waals surface area contributed by atoms with Gasteiger partial charge in [-0.3, -0.25) is 0 Å². The average molecular weight is 216 g/mol. The fourth-order valence-electron chi connectivity index (χ4n) is 0.943. The van der Waals surface area contributed by atoms with Crippen LogP contribution in [-0.4, -0.2) is 7.11 Å². The quantitative estimate of drug-likeness (QED) is 0.819. The van der Waals surface area contributed by atoms with Crippen LogP contribution in [0.1, 0.15) is 5.56 Å². The molecule has 0 heterocycles. The zero-order chi connectivity index (χ0) is 8.27. The number of nitrogens with two attached hydrogens (primary N) is 1. The minimum absolute atomic E-state index is 0.503. The molecule has 11 heavy (non-hydrogen) atoms. The highest BCUT2D eigenvalue weighted by molar-refractivity contribution is 9.10. The highest BCUT2D eigenvalue weighted by Crippen LogP contribution is 2.27. The van der Waals surface area contributed by atoms with Gasteiger partial charge in [-0.05, 0) is 22.0 Å². The zero-order valence-corrected chi connectivity index (χ0v) is 7.89. The lowest BCUT2D eigenvalue weighted by Gasteiger charge is -2.07. The summed E-state index contributed by atoms with van der Waals surface area (Å²) < 4.78 is 6.09.